The molecule has 0 bridgehead atoms. The minimum Gasteiger partial charge on any atom is -0.371 e. The summed E-state index contributed by atoms with van der Waals surface area (Å²) in [4.78, 5) is 2.70. The molecule has 34 heavy (non-hydrogen) atoms. The summed E-state index contributed by atoms with van der Waals surface area (Å²) in [5.74, 6) is 0. The molecule has 3 aromatic carbocycles. The van der Waals surface area contributed by atoms with E-state index in [-0.39, 0.29) is 5.41 Å². The highest BCUT2D eigenvalue weighted by molar-refractivity contribution is 5.81. The van der Waals surface area contributed by atoms with Crippen molar-refractivity contribution >= 4 is 5.69 Å². The Morgan fingerprint density at radius 2 is 1.21 bits per heavy atom. The number of unbranched alkanes of at least 4 members (excludes halogenated alkanes) is 3. The zero-order valence-electron chi connectivity index (χ0n) is 21.7. The van der Waals surface area contributed by atoms with E-state index in [2.05, 4.69) is 98.5 Å². The number of hydrogen-bond donors (Lipinski definition) is 0. The van der Waals surface area contributed by atoms with Gasteiger partial charge in [-0.05, 0) is 66.0 Å². The summed E-state index contributed by atoms with van der Waals surface area (Å²) in [6.45, 7) is 9.25. The molecule has 0 N–H and O–H groups in total. The molecule has 1 nitrogen and oxygen atoms in total. The van der Waals surface area contributed by atoms with Crippen LogP contribution in [0, 0.1) is 0 Å². The maximum absolute atomic E-state index is 2.70. The number of nitrogens with zero attached hydrogens (tertiary/aromatic N) is 1. The Morgan fingerprint density at radius 3 is 1.85 bits per heavy atom. The number of benzene rings is 3. The number of rotatable bonds is 13. The Balaban J connectivity index is 1.58. The Bertz CT molecular complexity index is 1000. The second-order valence-corrected chi connectivity index (χ2v) is 10.1. The van der Waals surface area contributed by atoms with E-state index < -0.39 is 0 Å². The molecule has 0 fully saturated rings. The van der Waals surface area contributed by atoms with Crippen molar-refractivity contribution in [1.29, 1.82) is 0 Å². The third-order valence-electron chi connectivity index (χ3n) is 7.88. The number of fused-ring (bicyclic) bond motifs is 3. The lowest BCUT2D eigenvalue weighted by Gasteiger charge is -2.34. The number of hydrogen-bond acceptors (Lipinski definition) is 1. The summed E-state index contributed by atoms with van der Waals surface area (Å²) in [5.41, 5.74) is 9.12. The van der Waals surface area contributed by atoms with Crippen molar-refractivity contribution in [3.05, 3.63) is 89.5 Å². The molecule has 1 heteroatoms. The molecule has 0 saturated carbocycles. The average molecular weight is 454 g/mol. The minimum atomic E-state index is 0.153. The maximum Gasteiger partial charge on any atom is 0.0398 e. The molecule has 4 rings (SSSR count). The van der Waals surface area contributed by atoms with Crippen molar-refractivity contribution in [3.8, 4) is 11.1 Å². The van der Waals surface area contributed by atoms with Crippen molar-refractivity contribution in [3.63, 3.8) is 0 Å². The lowest BCUT2D eigenvalue weighted by Crippen LogP contribution is -2.30. The highest BCUT2D eigenvalue weighted by Gasteiger charge is 2.41. The lowest BCUT2D eigenvalue weighted by molar-refractivity contribution is 0.426. The molecule has 180 valence electrons. The van der Waals surface area contributed by atoms with Crippen LogP contribution >= 0.6 is 0 Å². The zero-order chi connectivity index (χ0) is 23.8. The second kappa shape index (κ2) is 11.7. The monoisotopic (exact) mass is 453 g/mol. The third-order valence-corrected chi connectivity index (χ3v) is 7.88. The summed E-state index contributed by atoms with van der Waals surface area (Å²) in [6.07, 6.45) is 11.2. The molecule has 0 atom stereocenters. The van der Waals surface area contributed by atoms with Gasteiger partial charge in [0, 0.05) is 24.2 Å². The van der Waals surface area contributed by atoms with E-state index >= 15 is 0 Å². The summed E-state index contributed by atoms with van der Waals surface area (Å²) in [5, 5.41) is 0. The first-order valence-corrected chi connectivity index (χ1v) is 13.8. The van der Waals surface area contributed by atoms with Crippen LogP contribution in [0.5, 0.6) is 0 Å². The average Bonchev–Trinajstić information content (AvgIpc) is 3.16. The van der Waals surface area contributed by atoms with Gasteiger partial charge in [-0.25, -0.2) is 0 Å². The third kappa shape index (κ3) is 4.95. The highest BCUT2D eigenvalue weighted by atomic mass is 15.1. The first-order chi connectivity index (χ1) is 16.7. The van der Waals surface area contributed by atoms with Gasteiger partial charge in [0.25, 0.3) is 0 Å². The first-order valence-electron chi connectivity index (χ1n) is 13.8. The van der Waals surface area contributed by atoms with E-state index in [0.29, 0.717) is 0 Å². The van der Waals surface area contributed by atoms with Gasteiger partial charge in [-0.15, -0.1) is 0 Å². The van der Waals surface area contributed by atoms with E-state index in [4.69, 9.17) is 0 Å². The van der Waals surface area contributed by atoms with Crippen LogP contribution in [-0.2, 0) is 11.8 Å². The zero-order valence-corrected chi connectivity index (χ0v) is 21.7. The van der Waals surface area contributed by atoms with Gasteiger partial charge in [0.2, 0.25) is 0 Å². The topological polar surface area (TPSA) is 3.24 Å². The van der Waals surface area contributed by atoms with Crippen LogP contribution in [0.25, 0.3) is 11.1 Å². The quantitative estimate of drug-likeness (QED) is 0.233. The lowest BCUT2D eigenvalue weighted by atomic mass is 9.71. The molecule has 0 saturated heterocycles. The second-order valence-electron chi connectivity index (χ2n) is 10.1. The van der Waals surface area contributed by atoms with Crippen molar-refractivity contribution < 1.29 is 0 Å². The normalized spacial score (nSPS) is 13.5. The molecule has 0 radical (unpaired) electrons. The van der Waals surface area contributed by atoms with Crippen molar-refractivity contribution in [2.24, 2.45) is 0 Å². The largest absolute Gasteiger partial charge is 0.371 e. The molecule has 0 aromatic heterocycles. The molecule has 0 spiro atoms. The SMILES string of the molecule is CCCCCCN(CCCC1(CCC)c2ccccc2-c2ccccc21)c1ccccc1CC. The van der Waals surface area contributed by atoms with Crippen molar-refractivity contribution in [2.75, 3.05) is 18.0 Å². The van der Waals surface area contributed by atoms with Gasteiger partial charge in [0.15, 0.2) is 0 Å². The van der Waals surface area contributed by atoms with Crippen LogP contribution in [0.1, 0.15) is 88.8 Å². The van der Waals surface area contributed by atoms with Gasteiger partial charge in [-0.2, -0.15) is 0 Å². The van der Waals surface area contributed by atoms with Gasteiger partial charge in [-0.1, -0.05) is 113 Å². The predicted molar refractivity (Wildman–Crippen MR) is 149 cm³/mol. The van der Waals surface area contributed by atoms with E-state index in [9.17, 15) is 0 Å². The molecule has 0 unspecified atom stereocenters. The maximum atomic E-state index is 2.70. The van der Waals surface area contributed by atoms with Crippen LogP contribution in [0.15, 0.2) is 72.8 Å². The highest BCUT2D eigenvalue weighted by Crippen LogP contribution is 2.53. The van der Waals surface area contributed by atoms with Crippen LogP contribution in [0.4, 0.5) is 5.69 Å². The molecule has 0 aliphatic heterocycles. The smallest absolute Gasteiger partial charge is 0.0398 e. The number of anilines is 1. The van der Waals surface area contributed by atoms with Crippen molar-refractivity contribution in [2.45, 2.75) is 84.0 Å². The summed E-state index contributed by atoms with van der Waals surface area (Å²) in [6, 6.07) is 27.5. The van der Waals surface area contributed by atoms with Crippen LogP contribution in [0.3, 0.4) is 0 Å². The Kier molecular flexibility index (Phi) is 8.48. The summed E-state index contributed by atoms with van der Waals surface area (Å²) in [7, 11) is 0. The Hall–Kier alpha value is -2.54. The van der Waals surface area contributed by atoms with Crippen LogP contribution < -0.4 is 4.90 Å². The summed E-state index contributed by atoms with van der Waals surface area (Å²) >= 11 is 0. The number of aryl methyl sites for hydroxylation is 1. The fourth-order valence-corrected chi connectivity index (χ4v) is 6.28. The van der Waals surface area contributed by atoms with E-state index in [1.54, 1.807) is 11.1 Å². The minimum absolute atomic E-state index is 0.153. The fraction of sp³-hybridized carbons (Fsp3) is 0.455. The standard InChI is InChI=1S/C33H43N/c1-4-7-8-15-25-34(32-22-14-9-17-27(32)6-3)26-16-24-33(23-5-2)30-20-12-10-18-28(30)29-19-11-13-21-31(29)33/h9-14,17-22H,4-8,15-16,23-26H2,1-3H3. The molecular formula is C33H43N. The Labute approximate surface area is 208 Å². The molecule has 1 aliphatic rings. The van der Waals surface area contributed by atoms with Gasteiger partial charge >= 0.3 is 0 Å². The van der Waals surface area contributed by atoms with E-state index in [1.165, 1.54) is 80.3 Å². The van der Waals surface area contributed by atoms with E-state index in [0.717, 1.165) is 13.0 Å². The number of para-hydroxylation sites is 1. The van der Waals surface area contributed by atoms with Gasteiger partial charge in [0.1, 0.15) is 0 Å². The van der Waals surface area contributed by atoms with Crippen LogP contribution in [0.2, 0.25) is 0 Å². The molecule has 0 heterocycles. The Morgan fingerprint density at radius 1 is 0.588 bits per heavy atom. The van der Waals surface area contributed by atoms with Gasteiger partial charge in [0.05, 0.1) is 0 Å². The van der Waals surface area contributed by atoms with Gasteiger partial charge < -0.3 is 4.90 Å². The molecule has 1 aliphatic carbocycles. The molecule has 3 aromatic rings. The molecular weight excluding hydrogens is 410 g/mol. The van der Waals surface area contributed by atoms with Crippen LogP contribution in [-0.4, -0.2) is 13.1 Å². The fourth-order valence-electron chi connectivity index (χ4n) is 6.28. The predicted octanol–water partition coefficient (Wildman–Crippen LogP) is 9.18. The van der Waals surface area contributed by atoms with Crippen molar-refractivity contribution in [1.82, 2.24) is 0 Å². The first kappa shape index (κ1) is 24.6. The van der Waals surface area contributed by atoms with Gasteiger partial charge in [-0.3, -0.25) is 0 Å². The summed E-state index contributed by atoms with van der Waals surface area (Å²) < 4.78 is 0. The molecule has 0 amide bonds. The van der Waals surface area contributed by atoms with E-state index in [1.807, 2.05) is 0 Å².